The molecule has 0 saturated heterocycles. The first-order chi connectivity index (χ1) is 7.22. The van der Waals surface area contributed by atoms with E-state index in [1.165, 1.54) is 11.3 Å². The fourth-order valence-electron chi connectivity index (χ4n) is 1.22. The van der Waals surface area contributed by atoms with E-state index in [0.717, 1.165) is 4.70 Å². The average Bonchev–Trinajstić information content (AvgIpc) is 2.70. The minimum absolute atomic E-state index is 0.0726. The van der Waals surface area contributed by atoms with Crippen LogP contribution in [-0.2, 0) is 4.79 Å². The van der Waals surface area contributed by atoms with Crippen LogP contribution in [0.4, 0.5) is 5.69 Å². The largest absolute Gasteiger partial charge is 0.322 e. The van der Waals surface area contributed by atoms with E-state index >= 15 is 0 Å². The summed E-state index contributed by atoms with van der Waals surface area (Å²) in [5, 5.41) is 3.11. The Morgan fingerprint density at radius 3 is 3.13 bits per heavy atom. The van der Waals surface area contributed by atoms with Gasteiger partial charge in [-0.2, -0.15) is 0 Å². The van der Waals surface area contributed by atoms with Crippen molar-refractivity contribution >= 4 is 44.7 Å². The maximum absolute atomic E-state index is 11.2. The quantitative estimate of drug-likeness (QED) is 0.843. The predicted octanol–water partition coefficient (Wildman–Crippen LogP) is 1.85. The van der Waals surface area contributed by atoms with E-state index < -0.39 is 0 Å². The Balaban J connectivity index is 2.51. The average molecular weight is 242 g/mol. The number of nitrogens with two attached hydrogens (primary N) is 1. The van der Waals surface area contributed by atoms with Crippen molar-refractivity contribution in [2.24, 2.45) is 5.73 Å². The number of rotatable bonds is 2. The van der Waals surface area contributed by atoms with Gasteiger partial charge in [-0.3, -0.25) is 4.79 Å². The van der Waals surface area contributed by atoms with Crippen LogP contribution in [0.15, 0.2) is 17.6 Å². The molecule has 1 aromatic carbocycles. The van der Waals surface area contributed by atoms with E-state index in [2.05, 4.69) is 10.3 Å². The van der Waals surface area contributed by atoms with Gasteiger partial charge >= 0.3 is 0 Å². The number of benzene rings is 1. The van der Waals surface area contributed by atoms with E-state index in [1.54, 1.807) is 11.6 Å². The van der Waals surface area contributed by atoms with Crippen LogP contribution in [0.3, 0.4) is 0 Å². The van der Waals surface area contributed by atoms with E-state index in [1.807, 2.05) is 6.07 Å². The van der Waals surface area contributed by atoms with Crippen LogP contribution in [0, 0.1) is 0 Å². The lowest BCUT2D eigenvalue weighted by Gasteiger charge is -2.06. The fourth-order valence-corrected chi connectivity index (χ4v) is 2.10. The number of aromatic nitrogens is 1. The second-order valence-electron chi connectivity index (χ2n) is 2.87. The van der Waals surface area contributed by atoms with E-state index in [4.69, 9.17) is 17.3 Å². The van der Waals surface area contributed by atoms with Gasteiger partial charge in [0.05, 0.1) is 27.5 Å². The number of hydrogen-bond donors (Lipinski definition) is 2. The Bertz CT molecular complexity index is 511. The molecule has 0 aliphatic carbocycles. The molecule has 0 unspecified atom stereocenters. The molecular weight excluding hydrogens is 234 g/mol. The van der Waals surface area contributed by atoms with Crippen LogP contribution in [0.25, 0.3) is 10.2 Å². The van der Waals surface area contributed by atoms with Crippen molar-refractivity contribution in [3.8, 4) is 0 Å². The third kappa shape index (κ3) is 1.94. The van der Waals surface area contributed by atoms with Crippen LogP contribution >= 0.6 is 22.9 Å². The number of carbonyl (C=O) groups excluding carboxylic acids is 1. The molecule has 0 radical (unpaired) electrons. The zero-order valence-corrected chi connectivity index (χ0v) is 9.23. The van der Waals surface area contributed by atoms with Gasteiger partial charge in [-0.05, 0) is 12.1 Å². The van der Waals surface area contributed by atoms with Crippen LogP contribution in [0.1, 0.15) is 0 Å². The summed E-state index contributed by atoms with van der Waals surface area (Å²) in [6.45, 7) is -0.0726. The van der Waals surface area contributed by atoms with E-state index in [9.17, 15) is 4.79 Å². The maximum Gasteiger partial charge on any atom is 0.238 e. The number of hydrogen-bond acceptors (Lipinski definition) is 4. The van der Waals surface area contributed by atoms with Crippen molar-refractivity contribution in [3.05, 3.63) is 22.7 Å². The van der Waals surface area contributed by atoms with Gasteiger partial charge in [0.1, 0.15) is 5.52 Å². The number of halogens is 1. The van der Waals surface area contributed by atoms with Gasteiger partial charge in [-0.15, -0.1) is 11.3 Å². The van der Waals surface area contributed by atoms with Crippen LogP contribution in [0.5, 0.6) is 0 Å². The number of thiazole rings is 1. The Labute approximate surface area is 95.1 Å². The van der Waals surface area contributed by atoms with Gasteiger partial charge in [0.15, 0.2) is 0 Å². The highest BCUT2D eigenvalue weighted by atomic mass is 35.5. The molecule has 15 heavy (non-hydrogen) atoms. The molecule has 3 N–H and O–H groups in total. The minimum Gasteiger partial charge on any atom is -0.322 e. The highest BCUT2D eigenvalue weighted by Crippen LogP contribution is 2.31. The van der Waals surface area contributed by atoms with Crippen LogP contribution in [0.2, 0.25) is 5.02 Å². The molecule has 2 aromatic rings. The lowest BCUT2D eigenvalue weighted by atomic mass is 10.3. The first-order valence-electron chi connectivity index (χ1n) is 4.24. The standard InChI is InChI=1S/C9H8ClN3OS/c10-5-1-2-6-9(12-4-15-6)8(5)13-7(14)3-11/h1-2,4H,3,11H2,(H,13,14). The molecule has 0 bridgehead atoms. The second kappa shape index (κ2) is 4.14. The SMILES string of the molecule is NCC(=O)Nc1c(Cl)ccc2scnc12. The molecule has 0 aliphatic heterocycles. The first-order valence-corrected chi connectivity index (χ1v) is 5.49. The number of nitrogens with one attached hydrogen (secondary N) is 1. The summed E-state index contributed by atoms with van der Waals surface area (Å²) in [6, 6.07) is 3.60. The molecule has 6 heteroatoms. The topological polar surface area (TPSA) is 68.0 Å². The summed E-state index contributed by atoms with van der Waals surface area (Å²) < 4.78 is 0.978. The number of nitrogens with zero attached hydrogens (tertiary/aromatic N) is 1. The van der Waals surface area contributed by atoms with Crippen molar-refractivity contribution in [2.75, 3.05) is 11.9 Å². The lowest BCUT2D eigenvalue weighted by Crippen LogP contribution is -2.22. The Hall–Kier alpha value is -1.17. The first kappa shape index (κ1) is 10.4. The molecule has 0 spiro atoms. The second-order valence-corrected chi connectivity index (χ2v) is 4.17. The fraction of sp³-hybridized carbons (Fsp3) is 0.111. The highest BCUT2D eigenvalue weighted by molar-refractivity contribution is 7.16. The third-order valence-corrected chi connectivity index (χ3v) is 3.01. The molecule has 2 rings (SSSR count). The summed E-state index contributed by atoms with van der Waals surface area (Å²) in [7, 11) is 0. The van der Waals surface area contributed by atoms with E-state index in [-0.39, 0.29) is 12.5 Å². The number of amides is 1. The lowest BCUT2D eigenvalue weighted by molar-refractivity contribution is -0.114. The number of anilines is 1. The third-order valence-electron chi connectivity index (χ3n) is 1.90. The van der Waals surface area contributed by atoms with Gasteiger partial charge in [0.2, 0.25) is 5.91 Å². The van der Waals surface area contributed by atoms with Crippen molar-refractivity contribution in [3.63, 3.8) is 0 Å². The molecule has 1 amide bonds. The van der Waals surface area contributed by atoms with Gasteiger partial charge in [-0.25, -0.2) is 4.98 Å². The van der Waals surface area contributed by atoms with Crippen molar-refractivity contribution in [1.29, 1.82) is 0 Å². The smallest absolute Gasteiger partial charge is 0.238 e. The molecule has 0 aliphatic rings. The molecule has 0 atom stereocenters. The normalized spacial score (nSPS) is 10.5. The zero-order valence-electron chi connectivity index (χ0n) is 7.66. The van der Waals surface area contributed by atoms with Crippen molar-refractivity contribution in [2.45, 2.75) is 0 Å². The number of fused-ring (bicyclic) bond motifs is 1. The zero-order chi connectivity index (χ0) is 10.8. The minimum atomic E-state index is -0.280. The summed E-state index contributed by atoms with van der Waals surface area (Å²) in [4.78, 5) is 15.3. The summed E-state index contributed by atoms with van der Waals surface area (Å²) in [6.07, 6.45) is 0. The molecule has 1 heterocycles. The van der Waals surface area contributed by atoms with Gasteiger partial charge < -0.3 is 11.1 Å². The van der Waals surface area contributed by atoms with Crippen molar-refractivity contribution in [1.82, 2.24) is 4.98 Å². The molecule has 0 saturated carbocycles. The van der Waals surface area contributed by atoms with Gasteiger partial charge in [-0.1, -0.05) is 11.6 Å². The summed E-state index contributed by atoms with van der Waals surface area (Å²) in [5.41, 5.74) is 8.16. The van der Waals surface area contributed by atoms with Gasteiger partial charge in [0, 0.05) is 0 Å². The monoisotopic (exact) mass is 241 g/mol. The summed E-state index contributed by atoms with van der Waals surface area (Å²) >= 11 is 7.46. The molecule has 78 valence electrons. The van der Waals surface area contributed by atoms with Gasteiger partial charge in [0.25, 0.3) is 0 Å². The molecule has 1 aromatic heterocycles. The highest BCUT2D eigenvalue weighted by Gasteiger charge is 2.10. The van der Waals surface area contributed by atoms with Crippen LogP contribution in [-0.4, -0.2) is 17.4 Å². The Morgan fingerprint density at radius 1 is 1.60 bits per heavy atom. The van der Waals surface area contributed by atoms with Crippen LogP contribution < -0.4 is 11.1 Å². The maximum atomic E-state index is 11.2. The molecule has 4 nitrogen and oxygen atoms in total. The summed E-state index contributed by atoms with van der Waals surface area (Å²) in [5.74, 6) is -0.280. The Kier molecular flexibility index (Phi) is 2.86. The predicted molar refractivity (Wildman–Crippen MR) is 62.3 cm³/mol. The molecular formula is C9H8ClN3OS. The Morgan fingerprint density at radius 2 is 2.40 bits per heavy atom. The van der Waals surface area contributed by atoms with E-state index in [0.29, 0.717) is 16.2 Å². The number of carbonyl (C=O) groups is 1. The molecule has 0 fully saturated rings. The van der Waals surface area contributed by atoms with Crippen molar-refractivity contribution < 1.29 is 4.79 Å².